The van der Waals surface area contributed by atoms with E-state index >= 15 is 0 Å². The highest BCUT2D eigenvalue weighted by Gasteiger charge is 2.32. The highest BCUT2D eigenvalue weighted by molar-refractivity contribution is 7.92. The van der Waals surface area contributed by atoms with Crippen molar-refractivity contribution in [3.05, 3.63) is 106 Å². The third-order valence-electron chi connectivity index (χ3n) is 6.12. The molecule has 3 aromatic rings. The Morgan fingerprint density at radius 2 is 1.51 bits per heavy atom. The SMILES string of the molecule is CC(C)C(NC[C@@H](O)[C@H](Cc1ccccc1)NC(=O)OCc1ccccc1)S(=O)(=O)c1ccc([N+](=O)[O-])cc1. The van der Waals surface area contributed by atoms with E-state index in [1.54, 1.807) is 13.8 Å². The van der Waals surface area contributed by atoms with Gasteiger partial charge in [-0.05, 0) is 35.6 Å². The van der Waals surface area contributed by atoms with Gasteiger partial charge in [0.2, 0.25) is 0 Å². The van der Waals surface area contributed by atoms with Gasteiger partial charge in [0, 0.05) is 18.7 Å². The van der Waals surface area contributed by atoms with Crippen LogP contribution in [0, 0.1) is 16.0 Å². The molecule has 0 saturated heterocycles. The maximum absolute atomic E-state index is 13.3. The van der Waals surface area contributed by atoms with Crippen molar-refractivity contribution in [3.63, 3.8) is 0 Å². The van der Waals surface area contributed by atoms with Gasteiger partial charge in [0.15, 0.2) is 9.84 Å². The van der Waals surface area contributed by atoms with Gasteiger partial charge in [-0.15, -0.1) is 0 Å². The second-order valence-electron chi connectivity index (χ2n) is 9.44. The molecule has 0 saturated carbocycles. The minimum atomic E-state index is -3.94. The number of amides is 1. The molecule has 0 aliphatic heterocycles. The normalized spacial score (nSPS) is 13.8. The lowest BCUT2D eigenvalue weighted by Crippen LogP contribution is -2.52. The summed E-state index contributed by atoms with van der Waals surface area (Å²) in [6, 6.07) is 22.3. The van der Waals surface area contributed by atoms with Gasteiger partial charge in [-0.2, -0.15) is 0 Å². The van der Waals surface area contributed by atoms with E-state index < -0.39 is 44.3 Å². The number of aliphatic hydroxyl groups excluding tert-OH is 1. The maximum atomic E-state index is 13.3. The predicted octanol–water partition coefficient (Wildman–Crippen LogP) is 3.84. The number of aliphatic hydroxyl groups is 1. The molecule has 0 heterocycles. The standard InChI is InChI=1S/C28H33N3O7S/c1-20(2)27(39(36,37)24-15-13-23(14-16-24)31(34)35)29-18-26(32)25(17-21-9-5-3-6-10-21)30-28(33)38-19-22-11-7-4-8-12-22/h3-16,20,25-27,29,32H,17-19H2,1-2H3,(H,30,33)/t25-,26+,27?/m0/s1. The Hall–Kier alpha value is -3.80. The number of nitrogens with zero attached hydrogens (tertiary/aromatic N) is 1. The van der Waals surface area contributed by atoms with Gasteiger partial charge >= 0.3 is 6.09 Å². The van der Waals surface area contributed by atoms with E-state index in [2.05, 4.69) is 10.6 Å². The van der Waals surface area contributed by atoms with E-state index in [4.69, 9.17) is 4.74 Å². The van der Waals surface area contributed by atoms with E-state index in [0.29, 0.717) is 0 Å². The third-order valence-corrected chi connectivity index (χ3v) is 8.43. The van der Waals surface area contributed by atoms with Crippen molar-refractivity contribution < 1.29 is 28.0 Å². The molecule has 0 aromatic heterocycles. The van der Waals surface area contributed by atoms with Crippen molar-refractivity contribution in [2.45, 2.75) is 49.3 Å². The van der Waals surface area contributed by atoms with Crippen LogP contribution in [0.2, 0.25) is 0 Å². The Balaban J connectivity index is 1.71. The average molecular weight is 556 g/mol. The van der Waals surface area contributed by atoms with Gasteiger partial charge < -0.3 is 15.2 Å². The molecule has 3 atom stereocenters. The lowest BCUT2D eigenvalue weighted by molar-refractivity contribution is -0.384. The second-order valence-corrected chi connectivity index (χ2v) is 11.5. The third kappa shape index (κ3) is 8.60. The molecule has 0 radical (unpaired) electrons. The first-order valence-electron chi connectivity index (χ1n) is 12.5. The summed E-state index contributed by atoms with van der Waals surface area (Å²) in [5.41, 5.74) is 1.46. The molecular weight excluding hydrogens is 522 g/mol. The Labute approximate surface area is 228 Å². The number of nitrogens with one attached hydrogen (secondary N) is 2. The molecule has 11 heteroatoms. The molecule has 0 fully saturated rings. The van der Waals surface area contributed by atoms with Crippen LogP contribution >= 0.6 is 0 Å². The minimum absolute atomic E-state index is 0.0575. The van der Waals surface area contributed by atoms with E-state index in [9.17, 15) is 28.4 Å². The Bertz CT molecular complexity index is 1320. The molecule has 0 spiro atoms. The zero-order valence-electron chi connectivity index (χ0n) is 21.8. The zero-order valence-corrected chi connectivity index (χ0v) is 22.6. The van der Waals surface area contributed by atoms with Crippen molar-refractivity contribution >= 4 is 21.6 Å². The number of hydrogen-bond donors (Lipinski definition) is 3. The van der Waals surface area contributed by atoms with Crippen LogP contribution < -0.4 is 10.6 Å². The summed E-state index contributed by atoms with van der Waals surface area (Å²) in [6.07, 6.45) is -1.59. The summed E-state index contributed by atoms with van der Waals surface area (Å²) in [6.45, 7) is 3.34. The van der Waals surface area contributed by atoms with Crippen molar-refractivity contribution in [2.75, 3.05) is 6.54 Å². The van der Waals surface area contributed by atoms with Crippen molar-refractivity contribution in [2.24, 2.45) is 5.92 Å². The van der Waals surface area contributed by atoms with Crippen LogP contribution in [0.15, 0.2) is 89.8 Å². The van der Waals surface area contributed by atoms with Gasteiger partial charge in [-0.1, -0.05) is 74.5 Å². The summed E-state index contributed by atoms with van der Waals surface area (Å²) in [7, 11) is -3.94. The fourth-order valence-electron chi connectivity index (χ4n) is 4.05. The van der Waals surface area contributed by atoms with Crippen LogP contribution in [-0.2, 0) is 27.6 Å². The first-order chi connectivity index (χ1) is 18.6. The number of alkyl carbamates (subject to hydrolysis) is 1. The van der Waals surface area contributed by atoms with Crippen LogP contribution in [0.3, 0.4) is 0 Å². The van der Waals surface area contributed by atoms with Crippen molar-refractivity contribution in [1.29, 1.82) is 0 Å². The number of rotatable bonds is 13. The Morgan fingerprint density at radius 3 is 2.05 bits per heavy atom. The van der Waals surface area contributed by atoms with Crippen molar-refractivity contribution in [3.8, 4) is 0 Å². The molecule has 1 amide bonds. The van der Waals surface area contributed by atoms with Gasteiger partial charge in [0.05, 0.1) is 22.0 Å². The quantitative estimate of drug-likeness (QED) is 0.213. The molecule has 0 aliphatic carbocycles. The zero-order chi connectivity index (χ0) is 28.4. The summed E-state index contributed by atoms with van der Waals surface area (Å²) >= 11 is 0. The minimum Gasteiger partial charge on any atom is -0.445 e. The van der Waals surface area contributed by atoms with Gasteiger partial charge in [0.25, 0.3) is 5.69 Å². The average Bonchev–Trinajstić information content (AvgIpc) is 2.92. The molecular formula is C28H33N3O7S. The van der Waals surface area contributed by atoms with E-state index in [-0.39, 0.29) is 30.2 Å². The van der Waals surface area contributed by atoms with E-state index in [1.807, 2.05) is 60.7 Å². The Kier molecular flexibility index (Phi) is 10.6. The predicted molar refractivity (Wildman–Crippen MR) is 147 cm³/mol. The lowest BCUT2D eigenvalue weighted by atomic mass is 10.0. The Morgan fingerprint density at radius 1 is 0.949 bits per heavy atom. The highest BCUT2D eigenvalue weighted by Crippen LogP contribution is 2.23. The fraction of sp³-hybridized carbons (Fsp3) is 0.321. The van der Waals surface area contributed by atoms with Crippen LogP contribution in [0.1, 0.15) is 25.0 Å². The van der Waals surface area contributed by atoms with Gasteiger partial charge in [-0.25, -0.2) is 13.2 Å². The largest absolute Gasteiger partial charge is 0.445 e. The fourth-order valence-corrected chi connectivity index (χ4v) is 5.90. The molecule has 3 aromatic carbocycles. The van der Waals surface area contributed by atoms with Crippen LogP contribution in [0.5, 0.6) is 0 Å². The molecule has 10 nitrogen and oxygen atoms in total. The van der Waals surface area contributed by atoms with Crippen LogP contribution in [-0.4, -0.2) is 48.6 Å². The summed E-state index contributed by atoms with van der Waals surface area (Å²) in [5.74, 6) is -0.395. The van der Waals surface area contributed by atoms with Gasteiger partial charge in [0.1, 0.15) is 12.0 Å². The number of nitro benzene ring substituents is 1. The molecule has 0 bridgehead atoms. The van der Waals surface area contributed by atoms with E-state index in [0.717, 1.165) is 23.3 Å². The monoisotopic (exact) mass is 555 g/mol. The number of carbonyl (C=O) groups is 1. The second kappa shape index (κ2) is 13.8. The molecule has 39 heavy (non-hydrogen) atoms. The number of hydrogen-bond acceptors (Lipinski definition) is 8. The highest BCUT2D eigenvalue weighted by atomic mass is 32.2. The summed E-state index contributed by atoms with van der Waals surface area (Å²) in [4.78, 5) is 22.8. The lowest BCUT2D eigenvalue weighted by Gasteiger charge is -2.28. The molecule has 3 rings (SSSR count). The number of sulfone groups is 1. The van der Waals surface area contributed by atoms with Crippen LogP contribution in [0.4, 0.5) is 10.5 Å². The number of benzene rings is 3. The van der Waals surface area contributed by atoms with Crippen LogP contribution in [0.25, 0.3) is 0 Å². The molecule has 1 unspecified atom stereocenters. The first kappa shape index (κ1) is 29.8. The first-order valence-corrected chi connectivity index (χ1v) is 14.0. The van der Waals surface area contributed by atoms with Gasteiger partial charge in [-0.3, -0.25) is 15.4 Å². The summed E-state index contributed by atoms with van der Waals surface area (Å²) < 4.78 is 32.0. The topological polar surface area (TPSA) is 148 Å². The number of nitro groups is 1. The number of non-ortho nitro benzene ring substituents is 1. The summed E-state index contributed by atoms with van der Waals surface area (Å²) in [5, 5.41) is 26.6. The number of ether oxygens (including phenoxy) is 1. The molecule has 3 N–H and O–H groups in total. The van der Waals surface area contributed by atoms with Crippen molar-refractivity contribution in [1.82, 2.24) is 10.6 Å². The molecule has 208 valence electrons. The maximum Gasteiger partial charge on any atom is 0.407 e. The smallest absolute Gasteiger partial charge is 0.407 e. The van der Waals surface area contributed by atoms with E-state index in [1.165, 1.54) is 12.1 Å². The number of carbonyl (C=O) groups excluding carboxylic acids is 1. The molecule has 0 aliphatic rings.